The first-order valence-electron chi connectivity index (χ1n) is 9.23. The van der Waals surface area contributed by atoms with Crippen molar-refractivity contribution in [2.45, 2.75) is 16.3 Å². The molecule has 2 N–H and O–H groups in total. The molecule has 9 heteroatoms. The van der Waals surface area contributed by atoms with Gasteiger partial charge in [0.2, 0.25) is 5.91 Å². The number of hydrogen-bond acceptors (Lipinski definition) is 5. The first-order valence-corrected chi connectivity index (χ1v) is 10.4. The number of nitrogens with zero attached hydrogens (tertiary/aromatic N) is 1. The van der Waals surface area contributed by atoms with Gasteiger partial charge in [0.05, 0.1) is 17.0 Å². The van der Waals surface area contributed by atoms with Crippen molar-refractivity contribution in [2.75, 3.05) is 6.54 Å². The zero-order chi connectivity index (χ0) is 22.2. The Labute approximate surface area is 188 Å². The minimum atomic E-state index is -0.574. The molecule has 0 bridgehead atoms. The number of hydrogen-bond donors (Lipinski definition) is 2. The van der Waals surface area contributed by atoms with Gasteiger partial charge < -0.3 is 10.6 Å². The Hall–Kier alpha value is -3.36. The number of non-ortho nitro benzene ring substituents is 1. The summed E-state index contributed by atoms with van der Waals surface area (Å²) in [4.78, 5) is 36.7. The van der Waals surface area contributed by atoms with E-state index < -0.39 is 10.8 Å². The molecular formula is C22H18ClN3O4S. The lowest BCUT2D eigenvalue weighted by Crippen LogP contribution is -2.36. The van der Waals surface area contributed by atoms with Crippen LogP contribution in [0.2, 0.25) is 5.02 Å². The second kappa shape index (κ2) is 10.6. The average molecular weight is 456 g/mol. The molecule has 0 aliphatic carbocycles. The van der Waals surface area contributed by atoms with Crippen LogP contribution in [0.1, 0.15) is 15.9 Å². The third-order valence-corrected chi connectivity index (χ3v) is 5.54. The van der Waals surface area contributed by atoms with Crippen LogP contribution >= 0.6 is 23.4 Å². The van der Waals surface area contributed by atoms with Crippen molar-refractivity contribution in [1.82, 2.24) is 10.6 Å². The molecule has 0 saturated heterocycles. The van der Waals surface area contributed by atoms with Gasteiger partial charge in [-0.25, -0.2) is 0 Å². The summed E-state index contributed by atoms with van der Waals surface area (Å²) in [6.45, 7) is 0.0867. The van der Waals surface area contributed by atoms with Crippen molar-refractivity contribution in [1.29, 1.82) is 0 Å². The smallest absolute Gasteiger partial charge is 0.270 e. The first kappa shape index (κ1) is 22.3. The number of carbonyl (C=O) groups is 2. The molecule has 0 aliphatic heterocycles. The zero-order valence-corrected chi connectivity index (χ0v) is 17.8. The van der Waals surface area contributed by atoms with Gasteiger partial charge in [0.25, 0.3) is 11.6 Å². The molecule has 0 heterocycles. The van der Waals surface area contributed by atoms with E-state index in [0.717, 1.165) is 10.5 Å². The number of amides is 2. The van der Waals surface area contributed by atoms with Crippen molar-refractivity contribution < 1.29 is 14.5 Å². The fourth-order valence-corrected chi connectivity index (χ4v) is 3.69. The summed E-state index contributed by atoms with van der Waals surface area (Å²) in [5, 5.41) is 17.0. The standard InChI is InChI=1S/C22H18ClN3O4S/c23-16-6-9-18(10-7-16)31-20-11-8-17(26(29)30)12-19(20)22(28)25-14-21(27)24-13-15-4-2-1-3-5-15/h1-12H,13-14H2,(H,24,27)(H,25,28). The topological polar surface area (TPSA) is 101 Å². The summed E-state index contributed by atoms with van der Waals surface area (Å²) in [6.07, 6.45) is 0. The summed E-state index contributed by atoms with van der Waals surface area (Å²) in [7, 11) is 0. The van der Waals surface area contributed by atoms with Gasteiger partial charge in [-0.3, -0.25) is 19.7 Å². The Bertz CT molecular complexity index is 1090. The molecule has 0 aliphatic rings. The molecule has 2 amide bonds. The molecule has 3 aromatic rings. The molecular weight excluding hydrogens is 438 g/mol. The molecule has 3 aromatic carbocycles. The Morgan fingerprint density at radius 2 is 1.68 bits per heavy atom. The van der Waals surface area contributed by atoms with Gasteiger partial charge in [-0.15, -0.1) is 0 Å². The van der Waals surface area contributed by atoms with Crippen LogP contribution in [0, 0.1) is 10.1 Å². The predicted molar refractivity (Wildman–Crippen MR) is 119 cm³/mol. The Morgan fingerprint density at radius 1 is 0.968 bits per heavy atom. The minimum Gasteiger partial charge on any atom is -0.350 e. The zero-order valence-electron chi connectivity index (χ0n) is 16.2. The van der Waals surface area contributed by atoms with Gasteiger partial charge >= 0.3 is 0 Å². The predicted octanol–water partition coefficient (Wildman–Crippen LogP) is 4.45. The van der Waals surface area contributed by atoms with E-state index in [2.05, 4.69) is 10.6 Å². The van der Waals surface area contributed by atoms with E-state index >= 15 is 0 Å². The summed E-state index contributed by atoms with van der Waals surface area (Å²) >= 11 is 7.17. The van der Waals surface area contributed by atoms with Crippen LogP contribution in [0.4, 0.5) is 5.69 Å². The third kappa shape index (κ3) is 6.56. The van der Waals surface area contributed by atoms with E-state index in [1.165, 1.54) is 30.0 Å². The van der Waals surface area contributed by atoms with Crippen LogP contribution in [-0.2, 0) is 11.3 Å². The van der Waals surface area contributed by atoms with Gasteiger partial charge in [0, 0.05) is 33.5 Å². The highest BCUT2D eigenvalue weighted by Crippen LogP contribution is 2.33. The number of nitro groups is 1. The maximum absolute atomic E-state index is 12.7. The molecule has 0 aromatic heterocycles. The van der Waals surface area contributed by atoms with Gasteiger partial charge in [-0.05, 0) is 35.9 Å². The second-order valence-electron chi connectivity index (χ2n) is 6.44. The number of halogens is 1. The lowest BCUT2D eigenvalue weighted by molar-refractivity contribution is -0.384. The van der Waals surface area contributed by atoms with E-state index in [9.17, 15) is 19.7 Å². The van der Waals surface area contributed by atoms with Crippen LogP contribution in [-0.4, -0.2) is 23.3 Å². The lowest BCUT2D eigenvalue weighted by Gasteiger charge is -2.11. The number of benzene rings is 3. The molecule has 0 saturated carbocycles. The quantitative estimate of drug-likeness (QED) is 0.386. The first-order chi connectivity index (χ1) is 14.9. The highest BCUT2D eigenvalue weighted by molar-refractivity contribution is 7.99. The third-order valence-electron chi connectivity index (χ3n) is 4.20. The fraction of sp³-hybridized carbons (Fsp3) is 0.0909. The molecule has 158 valence electrons. The van der Waals surface area contributed by atoms with Crippen molar-refractivity contribution >= 4 is 40.9 Å². The fourth-order valence-electron chi connectivity index (χ4n) is 2.64. The molecule has 0 radical (unpaired) electrons. The largest absolute Gasteiger partial charge is 0.350 e. The Morgan fingerprint density at radius 3 is 2.35 bits per heavy atom. The molecule has 0 spiro atoms. The molecule has 0 atom stereocenters. The van der Waals surface area contributed by atoms with Gasteiger partial charge in [0.1, 0.15) is 0 Å². The van der Waals surface area contributed by atoms with Gasteiger partial charge in [-0.2, -0.15) is 0 Å². The van der Waals surface area contributed by atoms with E-state index in [0.29, 0.717) is 16.5 Å². The van der Waals surface area contributed by atoms with E-state index in [1.54, 1.807) is 24.3 Å². The van der Waals surface area contributed by atoms with Gasteiger partial charge in [0.15, 0.2) is 0 Å². The molecule has 0 fully saturated rings. The number of rotatable bonds is 8. The monoisotopic (exact) mass is 455 g/mol. The van der Waals surface area contributed by atoms with Crippen LogP contribution in [0.15, 0.2) is 82.6 Å². The van der Waals surface area contributed by atoms with Gasteiger partial charge in [-0.1, -0.05) is 53.7 Å². The van der Waals surface area contributed by atoms with Crippen LogP contribution in [0.25, 0.3) is 0 Å². The second-order valence-corrected chi connectivity index (χ2v) is 7.99. The Kier molecular flexibility index (Phi) is 7.64. The maximum atomic E-state index is 12.7. The van der Waals surface area contributed by atoms with Crippen molar-refractivity contribution in [2.24, 2.45) is 0 Å². The number of nitrogens with one attached hydrogen (secondary N) is 2. The summed E-state index contributed by atoms with van der Waals surface area (Å²) in [5.74, 6) is -0.940. The number of carbonyl (C=O) groups excluding carboxylic acids is 2. The highest BCUT2D eigenvalue weighted by atomic mass is 35.5. The molecule has 7 nitrogen and oxygen atoms in total. The minimum absolute atomic E-state index is 0.116. The normalized spacial score (nSPS) is 10.4. The van der Waals surface area contributed by atoms with E-state index in [4.69, 9.17) is 11.6 Å². The van der Waals surface area contributed by atoms with E-state index in [1.807, 2.05) is 30.3 Å². The molecule has 31 heavy (non-hydrogen) atoms. The summed E-state index contributed by atoms with van der Waals surface area (Å²) in [6, 6.07) is 20.4. The van der Waals surface area contributed by atoms with Crippen LogP contribution < -0.4 is 10.6 Å². The van der Waals surface area contributed by atoms with Crippen LogP contribution in [0.5, 0.6) is 0 Å². The van der Waals surface area contributed by atoms with Crippen LogP contribution in [0.3, 0.4) is 0 Å². The van der Waals surface area contributed by atoms with E-state index in [-0.39, 0.29) is 23.7 Å². The SMILES string of the molecule is O=C(CNC(=O)c1cc([N+](=O)[O-])ccc1Sc1ccc(Cl)cc1)NCc1ccccc1. The average Bonchev–Trinajstić information content (AvgIpc) is 2.78. The van der Waals surface area contributed by atoms with Crippen molar-refractivity contribution in [3.05, 3.63) is 99.1 Å². The summed E-state index contributed by atoms with van der Waals surface area (Å²) in [5.41, 5.74) is 0.839. The van der Waals surface area contributed by atoms with Crippen molar-refractivity contribution in [3.8, 4) is 0 Å². The maximum Gasteiger partial charge on any atom is 0.270 e. The Balaban J connectivity index is 1.68. The molecule has 0 unspecified atom stereocenters. The highest BCUT2D eigenvalue weighted by Gasteiger charge is 2.18. The number of nitro benzene ring substituents is 1. The molecule has 3 rings (SSSR count). The lowest BCUT2D eigenvalue weighted by atomic mass is 10.2. The summed E-state index contributed by atoms with van der Waals surface area (Å²) < 4.78 is 0. The van der Waals surface area contributed by atoms with Crippen molar-refractivity contribution in [3.63, 3.8) is 0 Å².